The third kappa shape index (κ3) is 29.0. The van der Waals surface area contributed by atoms with Gasteiger partial charge in [0.1, 0.15) is 0 Å². The zero-order chi connectivity index (χ0) is 38.9. The zero-order valence-electron chi connectivity index (χ0n) is 30.4. The molecule has 1 aromatic rings. The lowest BCUT2D eigenvalue weighted by atomic mass is 9.94. The normalized spacial score (nSPS) is 15.3. The van der Waals surface area contributed by atoms with E-state index in [-0.39, 0.29) is 9.49 Å². The molecule has 0 heterocycles. The SMILES string of the molecule is CC(CSSC(CCCCCCCCO)CSSC(CCCCCCCCO)CSSS)(SSS)c1cccc(C(C)(CSSSS)SSSSS)c1. The van der Waals surface area contributed by atoms with E-state index in [0.29, 0.717) is 23.7 Å². The van der Waals surface area contributed by atoms with Crippen LogP contribution in [0.15, 0.2) is 24.3 Å². The monoisotopic (exact) mass is 1080 g/mol. The second-order valence-electron chi connectivity index (χ2n) is 12.5. The fraction of sp³-hybridized carbons (Fsp3) is 0.812. The number of unbranched alkanes of at least 4 members (excludes halogenated alkanes) is 10. The summed E-state index contributed by atoms with van der Waals surface area (Å²) in [6, 6.07) is 9.30. The summed E-state index contributed by atoms with van der Waals surface area (Å²) in [6.07, 6.45) is 16.8. The van der Waals surface area contributed by atoms with Crippen molar-refractivity contribution in [2.45, 2.75) is 124 Å². The van der Waals surface area contributed by atoms with Crippen LogP contribution in [0, 0.1) is 0 Å². The molecule has 0 amide bonds. The Morgan fingerprint density at radius 3 is 1.55 bits per heavy atom. The molecule has 2 nitrogen and oxygen atoms in total. The zero-order valence-corrected chi connectivity index (χ0v) is 46.2. The summed E-state index contributed by atoms with van der Waals surface area (Å²) in [5, 5.41) is 19.5. The van der Waals surface area contributed by atoms with Gasteiger partial charge in [0.2, 0.25) is 0 Å². The van der Waals surface area contributed by atoms with Crippen molar-refractivity contribution in [3.8, 4) is 0 Å². The van der Waals surface area contributed by atoms with Crippen molar-refractivity contribution in [2.24, 2.45) is 0 Å². The molecule has 0 aliphatic heterocycles. The van der Waals surface area contributed by atoms with Gasteiger partial charge in [-0.25, -0.2) is 0 Å². The number of benzene rings is 1. The first-order chi connectivity index (χ1) is 25.8. The fourth-order valence-electron chi connectivity index (χ4n) is 5.09. The molecule has 0 aliphatic rings. The minimum atomic E-state index is -0.0819. The molecule has 4 unspecified atom stereocenters. The molecule has 0 bridgehead atoms. The Morgan fingerprint density at radius 1 is 0.528 bits per heavy atom. The molecule has 4 atom stereocenters. The Hall–Kier alpha value is 5.79. The van der Waals surface area contributed by atoms with E-state index in [1.807, 2.05) is 54.0 Å². The lowest BCUT2D eigenvalue weighted by Gasteiger charge is -2.32. The molecule has 0 saturated carbocycles. The maximum Gasteiger partial charge on any atom is 0.0590 e. The molecule has 312 valence electrons. The highest BCUT2D eigenvalue weighted by Crippen LogP contribution is 2.57. The van der Waals surface area contributed by atoms with Gasteiger partial charge in [-0.05, 0) is 119 Å². The molecular formula is C32H58O2S19. The first kappa shape index (κ1) is 56.8. The summed E-state index contributed by atoms with van der Waals surface area (Å²) in [6.45, 7) is 5.39. The Morgan fingerprint density at radius 2 is 1.02 bits per heavy atom. The van der Waals surface area contributed by atoms with Gasteiger partial charge < -0.3 is 10.2 Å². The summed E-state index contributed by atoms with van der Waals surface area (Å²) in [5.74, 6) is 4.30. The van der Waals surface area contributed by atoms with Gasteiger partial charge in [-0.1, -0.05) is 221 Å². The number of aliphatic hydroxyl groups excluding tert-OH is 2. The van der Waals surface area contributed by atoms with Gasteiger partial charge in [-0.2, -0.15) is 0 Å². The number of rotatable bonds is 39. The summed E-state index contributed by atoms with van der Waals surface area (Å²) < 4.78 is -0.137. The third-order valence-electron chi connectivity index (χ3n) is 8.17. The Balaban J connectivity index is 2.95. The van der Waals surface area contributed by atoms with Crippen molar-refractivity contribution < 1.29 is 10.2 Å². The van der Waals surface area contributed by atoms with E-state index >= 15 is 0 Å². The Labute approximate surface area is 401 Å². The molecule has 0 radical (unpaired) electrons. The number of thiol groups is 4. The quantitative estimate of drug-likeness (QED) is 0.0215. The van der Waals surface area contributed by atoms with Crippen LogP contribution in [0.25, 0.3) is 0 Å². The van der Waals surface area contributed by atoms with Crippen LogP contribution in [0.4, 0.5) is 0 Å². The fourth-order valence-corrected chi connectivity index (χ4v) is 28.9. The molecule has 0 aliphatic carbocycles. The van der Waals surface area contributed by atoms with Crippen LogP contribution in [0.3, 0.4) is 0 Å². The molecule has 0 saturated heterocycles. The summed E-state index contributed by atoms with van der Waals surface area (Å²) in [5.41, 5.74) is 2.73. The van der Waals surface area contributed by atoms with E-state index in [4.69, 9.17) is 10.2 Å². The first-order valence-electron chi connectivity index (χ1n) is 17.6. The van der Waals surface area contributed by atoms with Crippen LogP contribution in [-0.4, -0.2) is 56.9 Å². The van der Waals surface area contributed by atoms with Crippen molar-refractivity contribution in [1.82, 2.24) is 0 Å². The smallest absolute Gasteiger partial charge is 0.0590 e. The van der Waals surface area contributed by atoms with Gasteiger partial charge in [0.05, 0.1) is 9.49 Å². The van der Waals surface area contributed by atoms with Crippen LogP contribution in [-0.2, 0) is 9.49 Å². The first-order valence-corrected chi connectivity index (χ1v) is 39.5. The molecule has 0 aromatic heterocycles. The van der Waals surface area contributed by atoms with E-state index in [2.05, 4.69) is 117 Å². The highest BCUT2D eigenvalue weighted by Gasteiger charge is 2.33. The lowest BCUT2D eigenvalue weighted by Crippen LogP contribution is -2.23. The van der Waals surface area contributed by atoms with Crippen LogP contribution >= 0.6 is 202 Å². The topological polar surface area (TPSA) is 40.5 Å². The minimum Gasteiger partial charge on any atom is -0.396 e. The number of aliphatic hydroxyl groups is 2. The molecule has 21 heteroatoms. The average molecular weight is 1080 g/mol. The van der Waals surface area contributed by atoms with Crippen LogP contribution in [0.5, 0.6) is 0 Å². The van der Waals surface area contributed by atoms with Gasteiger partial charge in [0.25, 0.3) is 0 Å². The van der Waals surface area contributed by atoms with E-state index in [1.54, 1.807) is 49.1 Å². The maximum absolute atomic E-state index is 9.15. The van der Waals surface area contributed by atoms with Gasteiger partial charge in [-0.15, -0.1) is 0 Å². The minimum absolute atomic E-state index is 0.0553. The lowest BCUT2D eigenvalue weighted by molar-refractivity contribution is 0.282. The number of hydrogen-bond acceptors (Lipinski definition) is 21. The summed E-state index contributed by atoms with van der Waals surface area (Å²) in [7, 11) is 27.3. The molecule has 0 fully saturated rings. The van der Waals surface area contributed by atoms with Crippen molar-refractivity contribution in [3.05, 3.63) is 35.4 Å². The van der Waals surface area contributed by atoms with Crippen molar-refractivity contribution >= 4 is 202 Å². The van der Waals surface area contributed by atoms with E-state index in [0.717, 1.165) is 42.9 Å². The van der Waals surface area contributed by atoms with Crippen LogP contribution in [0.1, 0.15) is 115 Å². The predicted molar refractivity (Wildman–Crippen MR) is 297 cm³/mol. The summed E-state index contributed by atoms with van der Waals surface area (Å²) >= 11 is 17.7. The molecule has 1 aromatic carbocycles. The Kier molecular flexibility index (Phi) is 42.2. The van der Waals surface area contributed by atoms with Gasteiger partial charge >= 0.3 is 0 Å². The molecular weight excluding hydrogens is 1030 g/mol. The number of hydrogen-bond donors (Lipinski definition) is 6. The second kappa shape index (κ2) is 39.4. The van der Waals surface area contributed by atoms with Gasteiger partial charge in [0, 0.05) is 46.7 Å². The molecule has 53 heavy (non-hydrogen) atoms. The molecule has 2 N–H and O–H groups in total. The van der Waals surface area contributed by atoms with Gasteiger partial charge in [-0.3, -0.25) is 0 Å². The van der Waals surface area contributed by atoms with Gasteiger partial charge in [0.15, 0.2) is 0 Å². The predicted octanol–water partition coefficient (Wildman–Crippen LogP) is 17.9. The van der Waals surface area contributed by atoms with E-state index in [1.165, 1.54) is 101 Å². The maximum atomic E-state index is 9.15. The summed E-state index contributed by atoms with van der Waals surface area (Å²) in [4.78, 5) is 0. The second-order valence-corrected chi connectivity index (χ2v) is 36.6. The Bertz CT molecular complexity index is 963. The van der Waals surface area contributed by atoms with Crippen molar-refractivity contribution in [3.63, 3.8) is 0 Å². The standard InChI is InChI=1S/C32H58O2S19/c1-31(45-48-36,27-16-15-17-28(22-27)32(2,26-42-51-49-37)46-52-53-50-38)25-41-44-29(18-11-7-3-5-9-13-20-33)23-39-43-30(24-40-47-35)19-12-8-4-6-10-14-21-34/h15-17,22,29-30,33-38H,3-14,18-21,23-26H2,1-2H3. The molecule has 1 rings (SSSR count). The van der Waals surface area contributed by atoms with Crippen LogP contribution in [0.2, 0.25) is 0 Å². The highest BCUT2D eigenvalue weighted by molar-refractivity contribution is 9.34. The largest absolute Gasteiger partial charge is 0.396 e. The van der Waals surface area contributed by atoms with E-state index < -0.39 is 0 Å². The molecule has 0 spiro atoms. The third-order valence-corrected chi connectivity index (χ3v) is 32.3. The van der Waals surface area contributed by atoms with Crippen molar-refractivity contribution in [2.75, 3.05) is 36.2 Å². The van der Waals surface area contributed by atoms with Crippen LogP contribution < -0.4 is 0 Å². The average Bonchev–Trinajstić information content (AvgIpc) is 3.16. The van der Waals surface area contributed by atoms with Crippen molar-refractivity contribution in [1.29, 1.82) is 0 Å². The van der Waals surface area contributed by atoms with E-state index in [9.17, 15) is 0 Å². The highest BCUT2D eigenvalue weighted by atomic mass is 33.8.